The van der Waals surface area contributed by atoms with Gasteiger partial charge in [0.1, 0.15) is 0 Å². The summed E-state index contributed by atoms with van der Waals surface area (Å²) < 4.78 is 0. The minimum Gasteiger partial charge on any atom is -0.397 e. The second-order valence-corrected chi connectivity index (χ2v) is 4.56. The van der Waals surface area contributed by atoms with Crippen molar-refractivity contribution in [3.05, 3.63) is 23.3 Å². The number of hydrogen-bond donors (Lipinski definition) is 1. The van der Waals surface area contributed by atoms with Crippen LogP contribution in [0.3, 0.4) is 0 Å². The van der Waals surface area contributed by atoms with Crippen LogP contribution >= 0.6 is 0 Å². The topological polar surface area (TPSA) is 29.3 Å². The van der Waals surface area contributed by atoms with Gasteiger partial charge in [0.2, 0.25) is 0 Å². The molecule has 15 heavy (non-hydrogen) atoms. The molecular weight excluding hydrogens is 184 g/mol. The summed E-state index contributed by atoms with van der Waals surface area (Å²) in [5.41, 5.74) is 10.9. The zero-order valence-corrected chi connectivity index (χ0v) is 9.71. The van der Waals surface area contributed by atoms with Crippen LogP contribution in [0.4, 0.5) is 11.4 Å². The van der Waals surface area contributed by atoms with E-state index in [1.807, 2.05) is 0 Å². The molecule has 0 amide bonds. The molecule has 0 bridgehead atoms. The zero-order chi connectivity index (χ0) is 10.8. The number of anilines is 2. The van der Waals surface area contributed by atoms with Gasteiger partial charge < -0.3 is 10.6 Å². The Morgan fingerprint density at radius 1 is 1.07 bits per heavy atom. The molecule has 1 fully saturated rings. The fraction of sp³-hybridized carbons (Fsp3) is 0.538. The molecule has 2 rings (SSSR count). The highest BCUT2D eigenvalue weighted by Crippen LogP contribution is 2.30. The van der Waals surface area contributed by atoms with E-state index in [9.17, 15) is 0 Å². The monoisotopic (exact) mass is 204 g/mol. The van der Waals surface area contributed by atoms with Gasteiger partial charge in [0, 0.05) is 13.1 Å². The Bertz CT molecular complexity index is 352. The minimum atomic E-state index is 0.961. The maximum absolute atomic E-state index is 6.14. The molecular formula is C13H20N2. The lowest BCUT2D eigenvalue weighted by atomic mass is 10.1. The quantitative estimate of drug-likeness (QED) is 0.713. The molecule has 1 saturated heterocycles. The van der Waals surface area contributed by atoms with E-state index in [1.165, 1.54) is 36.1 Å². The standard InChI is InChI=1S/C13H20N2/c1-10-8-11(2)13(14)12(9-10)15-6-4-3-5-7-15/h8-9H,3-7,14H2,1-2H3. The van der Waals surface area contributed by atoms with Gasteiger partial charge in [-0.2, -0.15) is 0 Å². The first-order valence-electron chi connectivity index (χ1n) is 5.80. The van der Waals surface area contributed by atoms with Gasteiger partial charge in [-0.1, -0.05) is 6.07 Å². The molecule has 0 unspecified atom stereocenters. The van der Waals surface area contributed by atoms with E-state index in [0.717, 1.165) is 18.8 Å². The Kier molecular flexibility index (Phi) is 2.85. The highest BCUT2D eigenvalue weighted by Gasteiger charge is 2.14. The third-order valence-corrected chi connectivity index (χ3v) is 3.21. The molecule has 0 atom stereocenters. The molecule has 1 aliphatic rings. The first-order chi connectivity index (χ1) is 7.18. The fourth-order valence-electron chi connectivity index (χ4n) is 2.35. The smallest absolute Gasteiger partial charge is 0.0605 e. The summed E-state index contributed by atoms with van der Waals surface area (Å²) in [6.45, 7) is 6.55. The second-order valence-electron chi connectivity index (χ2n) is 4.56. The van der Waals surface area contributed by atoms with Crippen LogP contribution in [0.2, 0.25) is 0 Å². The summed E-state index contributed by atoms with van der Waals surface area (Å²) in [5, 5.41) is 0. The number of rotatable bonds is 1. The molecule has 0 aromatic heterocycles. The highest BCUT2D eigenvalue weighted by molar-refractivity contribution is 5.72. The van der Waals surface area contributed by atoms with Crippen molar-refractivity contribution in [1.82, 2.24) is 0 Å². The summed E-state index contributed by atoms with van der Waals surface area (Å²) in [7, 11) is 0. The SMILES string of the molecule is Cc1cc(C)c(N)c(N2CCCCC2)c1. The average Bonchev–Trinajstić information content (AvgIpc) is 2.24. The summed E-state index contributed by atoms with van der Waals surface area (Å²) >= 11 is 0. The number of nitrogens with zero attached hydrogens (tertiary/aromatic N) is 1. The number of nitrogens with two attached hydrogens (primary N) is 1. The molecule has 2 N–H and O–H groups in total. The fourth-order valence-corrected chi connectivity index (χ4v) is 2.35. The largest absolute Gasteiger partial charge is 0.397 e. The molecule has 82 valence electrons. The molecule has 1 aromatic carbocycles. The molecule has 1 heterocycles. The van der Waals surface area contributed by atoms with Crippen molar-refractivity contribution in [3.8, 4) is 0 Å². The molecule has 2 heteroatoms. The average molecular weight is 204 g/mol. The summed E-state index contributed by atoms with van der Waals surface area (Å²) in [6.07, 6.45) is 3.96. The maximum Gasteiger partial charge on any atom is 0.0605 e. The van der Waals surface area contributed by atoms with Crippen molar-refractivity contribution in [1.29, 1.82) is 0 Å². The number of hydrogen-bond acceptors (Lipinski definition) is 2. The van der Waals surface area contributed by atoms with Gasteiger partial charge in [-0.25, -0.2) is 0 Å². The third kappa shape index (κ3) is 2.09. The van der Waals surface area contributed by atoms with Crippen LogP contribution in [0.25, 0.3) is 0 Å². The van der Waals surface area contributed by atoms with Gasteiger partial charge in [0.15, 0.2) is 0 Å². The second kappa shape index (κ2) is 4.13. The van der Waals surface area contributed by atoms with Crippen molar-refractivity contribution < 1.29 is 0 Å². The normalized spacial score (nSPS) is 16.8. The van der Waals surface area contributed by atoms with Crippen molar-refractivity contribution in [2.45, 2.75) is 33.1 Å². The molecule has 0 saturated carbocycles. The lowest BCUT2D eigenvalue weighted by molar-refractivity contribution is 0.578. The van der Waals surface area contributed by atoms with E-state index in [2.05, 4.69) is 30.9 Å². The first kappa shape index (κ1) is 10.3. The lowest BCUT2D eigenvalue weighted by Gasteiger charge is -2.30. The van der Waals surface area contributed by atoms with Crippen LogP contribution in [0.5, 0.6) is 0 Å². The third-order valence-electron chi connectivity index (χ3n) is 3.21. The van der Waals surface area contributed by atoms with Crippen LogP contribution in [-0.4, -0.2) is 13.1 Å². The van der Waals surface area contributed by atoms with Crippen LogP contribution in [-0.2, 0) is 0 Å². The van der Waals surface area contributed by atoms with E-state index < -0.39 is 0 Å². The van der Waals surface area contributed by atoms with Gasteiger partial charge in [-0.3, -0.25) is 0 Å². The highest BCUT2D eigenvalue weighted by atomic mass is 15.1. The Balaban J connectivity index is 2.33. The van der Waals surface area contributed by atoms with E-state index in [-0.39, 0.29) is 0 Å². The van der Waals surface area contributed by atoms with E-state index in [0.29, 0.717) is 0 Å². The van der Waals surface area contributed by atoms with Crippen LogP contribution < -0.4 is 10.6 Å². The van der Waals surface area contributed by atoms with Crippen molar-refractivity contribution in [2.75, 3.05) is 23.7 Å². The van der Waals surface area contributed by atoms with Crippen molar-refractivity contribution in [2.24, 2.45) is 0 Å². The number of piperidine rings is 1. The van der Waals surface area contributed by atoms with Gasteiger partial charge >= 0.3 is 0 Å². The van der Waals surface area contributed by atoms with E-state index in [4.69, 9.17) is 5.73 Å². The van der Waals surface area contributed by atoms with Crippen LogP contribution in [0, 0.1) is 13.8 Å². The Morgan fingerprint density at radius 3 is 2.40 bits per heavy atom. The van der Waals surface area contributed by atoms with Crippen molar-refractivity contribution in [3.63, 3.8) is 0 Å². The predicted molar refractivity (Wildman–Crippen MR) is 66.4 cm³/mol. The van der Waals surface area contributed by atoms with E-state index in [1.54, 1.807) is 0 Å². The zero-order valence-electron chi connectivity index (χ0n) is 9.71. The van der Waals surface area contributed by atoms with Crippen LogP contribution in [0.15, 0.2) is 12.1 Å². The maximum atomic E-state index is 6.14. The van der Waals surface area contributed by atoms with Gasteiger partial charge in [0.05, 0.1) is 11.4 Å². The molecule has 2 nitrogen and oxygen atoms in total. The first-order valence-corrected chi connectivity index (χ1v) is 5.80. The predicted octanol–water partition coefficient (Wildman–Crippen LogP) is 2.88. The minimum absolute atomic E-state index is 0.961. The van der Waals surface area contributed by atoms with Crippen molar-refractivity contribution >= 4 is 11.4 Å². The Labute approximate surface area is 92.1 Å². The van der Waals surface area contributed by atoms with Gasteiger partial charge in [-0.15, -0.1) is 0 Å². The Morgan fingerprint density at radius 2 is 1.73 bits per heavy atom. The van der Waals surface area contributed by atoms with Gasteiger partial charge in [-0.05, 0) is 50.3 Å². The summed E-state index contributed by atoms with van der Waals surface area (Å²) in [5.74, 6) is 0. The van der Waals surface area contributed by atoms with Gasteiger partial charge in [0.25, 0.3) is 0 Å². The molecule has 1 aromatic rings. The molecule has 0 radical (unpaired) electrons. The Hall–Kier alpha value is -1.18. The van der Waals surface area contributed by atoms with E-state index >= 15 is 0 Å². The summed E-state index contributed by atoms with van der Waals surface area (Å²) in [4.78, 5) is 2.43. The van der Waals surface area contributed by atoms with Crippen LogP contribution in [0.1, 0.15) is 30.4 Å². The molecule has 0 spiro atoms. The number of nitrogen functional groups attached to an aromatic ring is 1. The number of benzene rings is 1. The lowest BCUT2D eigenvalue weighted by Crippen LogP contribution is -2.30. The number of aryl methyl sites for hydroxylation is 2. The molecule has 1 aliphatic heterocycles. The summed E-state index contributed by atoms with van der Waals surface area (Å²) in [6, 6.07) is 4.37. The molecule has 0 aliphatic carbocycles.